The third-order valence-electron chi connectivity index (χ3n) is 6.34. The Balaban J connectivity index is 0.00000441. The van der Waals surface area contributed by atoms with Crippen molar-refractivity contribution in [1.82, 2.24) is 19.7 Å². The highest BCUT2D eigenvalue weighted by atomic mass is 35.5. The third kappa shape index (κ3) is 6.52. The van der Waals surface area contributed by atoms with Gasteiger partial charge in [0.1, 0.15) is 5.82 Å². The molecule has 0 unspecified atom stereocenters. The summed E-state index contributed by atoms with van der Waals surface area (Å²) in [5.41, 5.74) is 4.32. The Morgan fingerprint density at radius 1 is 0.925 bits per heavy atom. The van der Waals surface area contributed by atoms with Gasteiger partial charge in [-0.05, 0) is 29.7 Å². The van der Waals surface area contributed by atoms with Crippen LogP contribution >= 0.6 is 12.4 Å². The highest BCUT2D eigenvalue weighted by molar-refractivity contribution is 5.85. The monoisotopic (exact) mass is 601 g/mol. The van der Waals surface area contributed by atoms with Gasteiger partial charge in [-0.3, -0.25) is 4.79 Å². The Labute approximate surface area is 227 Å². The average Bonchev–Trinajstić information content (AvgIpc) is 3.27. The zero-order valence-corrected chi connectivity index (χ0v) is 21.1. The first kappa shape index (κ1) is 31.2. The van der Waals surface area contributed by atoms with Crippen LogP contribution in [-0.2, 0) is 36.5 Å². The Morgan fingerprint density at radius 2 is 1.57 bits per heavy atom. The van der Waals surface area contributed by atoms with E-state index < -0.39 is 85.0 Å². The molecule has 2 heterocycles. The number of rotatable bonds is 6. The number of amides is 1. The zero-order valence-electron chi connectivity index (χ0n) is 20.2. The minimum absolute atomic E-state index is 0. The van der Waals surface area contributed by atoms with Gasteiger partial charge in [0, 0.05) is 38.0 Å². The van der Waals surface area contributed by atoms with E-state index in [9.17, 15) is 44.3 Å². The molecule has 0 radical (unpaired) electrons. The van der Waals surface area contributed by atoms with Gasteiger partial charge in [0.15, 0.2) is 17.5 Å². The third-order valence-corrected chi connectivity index (χ3v) is 6.34. The van der Waals surface area contributed by atoms with Crippen LogP contribution in [0.4, 0.5) is 39.5 Å². The van der Waals surface area contributed by atoms with Crippen molar-refractivity contribution in [1.29, 1.82) is 0 Å². The van der Waals surface area contributed by atoms with Crippen molar-refractivity contribution in [2.45, 2.75) is 50.2 Å². The topological polar surface area (TPSA) is 77.0 Å². The Bertz CT molecular complexity index is 1380. The molecule has 2 N–H and O–H groups in total. The smallest absolute Gasteiger partial charge is 0.330 e. The maximum atomic E-state index is 14.0. The fourth-order valence-electron chi connectivity index (χ4n) is 4.59. The van der Waals surface area contributed by atoms with Gasteiger partial charge in [0.25, 0.3) is 0 Å². The molecule has 0 aliphatic carbocycles. The summed E-state index contributed by atoms with van der Waals surface area (Å²) in [6.45, 7) is -0.731. The molecule has 16 heteroatoms. The summed E-state index contributed by atoms with van der Waals surface area (Å²) in [6.07, 6.45) is -11.1. The standard InChI is InChI=1S/C24H20F9N5O.ClH/c25-16-11-18(27)17(26)8-13(16)7-14(34)10-20(39)37-5-6-38-21(35-36-22(38)24(31,32)33)19(37)9-12-3-1-2-4-15(12)23(28,29)30;/h1-4,8,11,14,19H,5-7,9-10,34H2;1H/t14-,19+;/m1./s1. The van der Waals surface area contributed by atoms with E-state index in [1.54, 1.807) is 0 Å². The number of benzene rings is 2. The molecule has 1 aliphatic rings. The molecule has 0 spiro atoms. The lowest BCUT2D eigenvalue weighted by atomic mass is 9.96. The molecule has 0 saturated carbocycles. The van der Waals surface area contributed by atoms with E-state index in [2.05, 4.69) is 10.2 Å². The highest BCUT2D eigenvalue weighted by Gasteiger charge is 2.43. The van der Waals surface area contributed by atoms with E-state index in [4.69, 9.17) is 5.73 Å². The lowest BCUT2D eigenvalue weighted by Crippen LogP contribution is -2.46. The number of carbonyl (C=O) groups is 1. The van der Waals surface area contributed by atoms with E-state index >= 15 is 0 Å². The number of nitrogens with zero attached hydrogens (tertiary/aromatic N) is 4. The van der Waals surface area contributed by atoms with Gasteiger partial charge in [0.2, 0.25) is 11.7 Å². The maximum Gasteiger partial charge on any atom is 0.451 e. The molecule has 2 atom stereocenters. The fraction of sp³-hybridized carbons (Fsp3) is 0.375. The van der Waals surface area contributed by atoms with E-state index in [0.29, 0.717) is 16.7 Å². The van der Waals surface area contributed by atoms with Crippen molar-refractivity contribution >= 4 is 18.3 Å². The fourth-order valence-corrected chi connectivity index (χ4v) is 4.59. The molecule has 1 aromatic heterocycles. The van der Waals surface area contributed by atoms with Gasteiger partial charge < -0.3 is 15.2 Å². The lowest BCUT2D eigenvalue weighted by molar-refractivity contribution is -0.148. The van der Waals surface area contributed by atoms with Crippen molar-refractivity contribution in [3.63, 3.8) is 0 Å². The number of carbonyl (C=O) groups excluding carboxylic acids is 1. The van der Waals surface area contributed by atoms with Gasteiger partial charge in [-0.1, -0.05) is 18.2 Å². The minimum atomic E-state index is -4.90. The molecule has 1 amide bonds. The van der Waals surface area contributed by atoms with Gasteiger partial charge >= 0.3 is 12.4 Å². The normalized spacial score (nSPS) is 16.4. The van der Waals surface area contributed by atoms with Crippen LogP contribution in [0.5, 0.6) is 0 Å². The number of aromatic nitrogens is 3. The van der Waals surface area contributed by atoms with Gasteiger partial charge in [-0.2, -0.15) is 26.3 Å². The van der Waals surface area contributed by atoms with Gasteiger partial charge in [-0.25, -0.2) is 13.2 Å². The molecule has 0 saturated heterocycles. The zero-order chi connectivity index (χ0) is 28.7. The van der Waals surface area contributed by atoms with Crippen molar-refractivity contribution in [3.05, 3.63) is 82.2 Å². The van der Waals surface area contributed by atoms with Gasteiger partial charge in [-0.15, -0.1) is 22.6 Å². The molecular weight excluding hydrogens is 581 g/mol. The summed E-state index contributed by atoms with van der Waals surface area (Å²) in [5.74, 6) is -6.32. The maximum absolute atomic E-state index is 14.0. The first-order chi connectivity index (χ1) is 18.2. The summed E-state index contributed by atoms with van der Waals surface area (Å²) in [6, 6.07) is 2.83. The van der Waals surface area contributed by atoms with E-state index in [-0.39, 0.29) is 35.9 Å². The first-order valence-corrected chi connectivity index (χ1v) is 11.5. The molecule has 3 aromatic rings. The lowest BCUT2D eigenvalue weighted by Gasteiger charge is -2.37. The van der Waals surface area contributed by atoms with Crippen LogP contribution in [0.15, 0.2) is 36.4 Å². The molecule has 2 aromatic carbocycles. The molecule has 0 fully saturated rings. The highest BCUT2D eigenvalue weighted by Crippen LogP contribution is 2.38. The Hall–Kier alpha value is -3.33. The summed E-state index contributed by atoms with van der Waals surface area (Å²) in [4.78, 5) is 14.3. The molecule has 218 valence electrons. The second-order valence-corrected chi connectivity index (χ2v) is 9.02. The molecular formula is C24H21ClF9N5O. The van der Waals surface area contributed by atoms with E-state index in [1.807, 2.05) is 0 Å². The summed E-state index contributed by atoms with van der Waals surface area (Å²) >= 11 is 0. The molecule has 0 bridgehead atoms. The van der Waals surface area contributed by atoms with Crippen molar-refractivity contribution in [2.24, 2.45) is 5.73 Å². The van der Waals surface area contributed by atoms with Crippen molar-refractivity contribution < 1.29 is 44.3 Å². The minimum Gasteiger partial charge on any atom is -0.330 e. The van der Waals surface area contributed by atoms with E-state index in [1.165, 1.54) is 6.07 Å². The predicted octanol–water partition coefficient (Wildman–Crippen LogP) is 5.24. The molecule has 6 nitrogen and oxygen atoms in total. The number of hydrogen-bond donors (Lipinski definition) is 1. The second-order valence-electron chi connectivity index (χ2n) is 9.02. The van der Waals surface area contributed by atoms with Crippen LogP contribution in [0.2, 0.25) is 0 Å². The average molecular weight is 602 g/mol. The summed E-state index contributed by atoms with van der Waals surface area (Å²) in [7, 11) is 0. The Kier molecular flexibility index (Phi) is 9.09. The van der Waals surface area contributed by atoms with Crippen LogP contribution in [0.1, 0.15) is 40.8 Å². The predicted molar refractivity (Wildman–Crippen MR) is 124 cm³/mol. The largest absolute Gasteiger partial charge is 0.451 e. The summed E-state index contributed by atoms with van der Waals surface area (Å²) < 4.78 is 123. The number of alkyl halides is 6. The summed E-state index contributed by atoms with van der Waals surface area (Å²) in [5, 5.41) is 6.72. The van der Waals surface area contributed by atoms with Crippen LogP contribution < -0.4 is 5.73 Å². The van der Waals surface area contributed by atoms with Crippen LogP contribution in [0.3, 0.4) is 0 Å². The van der Waals surface area contributed by atoms with Gasteiger partial charge in [0.05, 0.1) is 11.6 Å². The van der Waals surface area contributed by atoms with E-state index in [0.717, 1.165) is 23.1 Å². The number of hydrogen-bond acceptors (Lipinski definition) is 4. The quantitative estimate of drug-likeness (QED) is 0.310. The number of fused-ring (bicyclic) bond motifs is 1. The van der Waals surface area contributed by atoms with Crippen molar-refractivity contribution in [3.8, 4) is 0 Å². The molecule has 40 heavy (non-hydrogen) atoms. The second kappa shape index (κ2) is 11.6. The van der Waals surface area contributed by atoms with Crippen LogP contribution in [0.25, 0.3) is 0 Å². The first-order valence-electron chi connectivity index (χ1n) is 11.5. The SMILES string of the molecule is Cl.N[C@@H](CC(=O)N1CCn2c(nnc2C(F)(F)F)[C@@H]1Cc1ccccc1C(F)(F)F)Cc1cc(F)c(F)cc1F. The molecule has 4 rings (SSSR count). The number of halogens is 10. The van der Waals surface area contributed by atoms with Crippen LogP contribution in [-0.4, -0.2) is 38.2 Å². The Morgan fingerprint density at radius 3 is 2.23 bits per heavy atom. The van der Waals surface area contributed by atoms with Crippen LogP contribution in [0, 0.1) is 17.5 Å². The number of nitrogens with two attached hydrogens (primary N) is 1. The van der Waals surface area contributed by atoms with Crippen molar-refractivity contribution in [2.75, 3.05) is 6.54 Å². The molecule has 1 aliphatic heterocycles.